The molecule has 7 heteroatoms. The molecule has 1 aromatic heterocycles. The number of hydrogen-bond acceptors (Lipinski definition) is 5. The van der Waals surface area contributed by atoms with Crippen molar-refractivity contribution in [3.05, 3.63) is 77.6 Å². The van der Waals surface area contributed by atoms with Gasteiger partial charge in [-0.25, -0.2) is 0 Å². The summed E-state index contributed by atoms with van der Waals surface area (Å²) in [5.41, 5.74) is 2.98. The van der Waals surface area contributed by atoms with Crippen LogP contribution in [0.5, 0.6) is 0 Å². The van der Waals surface area contributed by atoms with Crippen LogP contribution in [0.25, 0.3) is 0 Å². The second-order valence-electron chi connectivity index (χ2n) is 7.07. The molecule has 0 saturated heterocycles. The third-order valence-corrected chi connectivity index (χ3v) is 5.63. The maximum atomic E-state index is 13.1. The van der Waals surface area contributed by atoms with Crippen molar-refractivity contribution >= 4 is 35.1 Å². The molecule has 0 aliphatic heterocycles. The van der Waals surface area contributed by atoms with E-state index in [-0.39, 0.29) is 17.6 Å². The summed E-state index contributed by atoms with van der Waals surface area (Å²) in [6, 6.07) is 19.4. The Kier molecular flexibility index (Phi) is 7.30. The van der Waals surface area contributed by atoms with Crippen LogP contribution in [0.3, 0.4) is 0 Å². The van der Waals surface area contributed by atoms with Crippen LogP contribution in [0, 0.1) is 13.8 Å². The van der Waals surface area contributed by atoms with Gasteiger partial charge in [0.2, 0.25) is 11.8 Å². The third kappa shape index (κ3) is 5.97. The van der Waals surface area contributed by atoms with E-state index in [2.05, 4.69) is 10.5 Å². The van der Waals surface area contributed by atoms with Gasteiger partial charge in [0.05, 0.1) is 17.5 Å². The summed E-state index contributed by atoms with van der Waals surface area (Å²) in [6.07, 6.45) is 0. The first-order valence-electron chi connectivity index (χ1n) is 9.69. The molecule has 0 unspecified atom stereocenters. The van der Waals surface area contributed by atoms with Gasteiger partial charge in [0, 0.05) is 11.8 Å². The van der Waals surface area contributed by atoms with Gasteiger partial charge in [-0.15, -0.1) is 11.8 Å². The number of rotatable bonds is 8. The van der Waals surface area contributed by atoms with E-state index in [9.17, 15) is 9.59 Å². The number of thioether (sulfide) groups is 1. The monoisotopic (exact) mass is 423 g/mol. The third-order valence-electron chi connectivity index (χ3n) is 4.50. The zero-order chi connectivity index (χ0) is 21.5. The summed E-state index contributed by atoms with van der Waals surface area (Å²) >= 11 is 1.29. The minimum Gasteiger partial charge on any atom is -0.360 e. The number of nitrogens with one attached hydrogen (secondary N) is 1. The zero-order valence-electron chi connectivity index (χ0n) is 17.3. The Hall–Kier alpha value is -3.06. The minimum atomic E-state index is -0.415. The molecule has 0 spiro atoms. The molecule has 1 N–H and O–H groups in total. The summed E-state index contributed by atoms with van der Waals surface area (Å²) in [7, 11) is 0. The molecule has 30 heavy (non-hydrogen) atoms. The molecule has 3 rings (SSSR count). The Morgan fingerprint density at radius 2 is 1.87 bits per heavy atom. The van der Waals surface area contributed by atoms with Gasteiger partial charge < -0.3 is 14.7 Å². The molecule has 6 nitrogen and oxygen atoms in total. The molecule has 2 aromatic carbocycles. The first-order chi connectivity index (χ1) is 14.4. The van der Waals surface area contributed by atoms with Crippen molar-refractivity contribution in [1.29, 1.82) is 0 Å². The molecule has 0 fully saturated rings. The Balaban J connectivity index is 1.65. The van der Waals surface area contributed by atoms with Crippen molar-refractivity contribution in [3.8, 4) is 0 Å². The van der Waals surface area contributed by atoms with E-state index in [4.69, 9.17) is 4.52 Å². The van der Waals surface area contributed by atoms with Gasteiger partial charge in [-0.05, 0) is 44.0 Å². The Bertz CT molecular complexity index is 1000. The maximum absolute atomic E-state index is 13.1. The van der Waals surface area contributed by atoms with Gasteiger partial charge in [-0.2, -0.15) is 0 Å². The molecule has 156 valence electrons. The fraction of sp³-hybridized carbons (Fsp3) is 0.261. The first-order valence-corrected chi connectivity index (χ1v) is 10.7. The maximum Gasteiger partial charge on any atom is 0.238 e. The molecule has 1 atom stereocenters. The number of nitrogens with zero attached hydrogens (tertiary/aromatic N) is 2. The van der Waals surface area contributed by atoms with Gasteiger partial charge in [0.1, 0.15) is 5.76 Å². The van der Waals surface area contributed by atoms with Crippen LogP contribution in [-0.2, 0) is 16.1 Å². The van der Waals surface area contributed by atoms with Crippen molar-refractivity contribution in [2.24, 2.45) is 0 Å². The van der Waals surface area contributed by atoms with E-state index < -0.39 is 5.25 Å². The highest BCUT2D eigenvalue weighted by Crippen LogP contribution is 2.22. The van der Waals surface area contributed by atoms with E-state index in [1.165, 1.54) is 11.8 Å². The van der Waals surface area contributed by atoms with Crippen molar-refractivity contribution in [2.75, 3.05) is 16.0 Å². The number of benzene rings is 2. The molecule has 0 radical (unpaired) electrons. The standard InChI is InChI=1S/C23H25N3O3S/c1-16-8-7-11-20(12-16)26(14-19-9-5-4-6-10-19)22(27)15-30-18(3)23(28)24-21-13-17(2)29-25-21/h4-13,18H,14-15H2,1-3H3,(H,24,25,28)/t18-/m0/s1. The predicted molar refractivity (Wildman–Crippen MR) is 121 cm³/mol. The summed E-state index contributed by atoms with van der Waals surface area (Å²) in [4.78, 5) is 27.2. The summed E-state index contributed by atoms with van der Waals surface area (Å²) in [5.74, 6) is 0.919. The second kappa shape index (κ2) is 10.1. The highest BCUT2D eigenvalue weighted by molar-refractivity contribution is 8.01. The van der Waals surface area contributed by atoms with Crippen LogP contribution in [0.4, 0.5) is 11.5 Å². The van der Waals surface area contributed by atoms with E-state index in [1.54, 1.807) is 24.8 Å². The van der Waals surface area contributed by atoms with Crippen LogP contribution < -0.4 is 10.2 Å². The molecular weight excluding hydrogens is 398 g/mol. The number of carbonyl (C=O) groups excluding carboxylic acids is 2. The summed E-state index contributed by atoms with van der Waals surface area (Å²) in [6.45, 7) is 6.00. The Morgan fingerprint density at radius 1 is 1.10 bits per heavy atom. The molecule has 0 aliphatic rings. The second-order valence-corrected chi connectivity index (χ2v) is 8.40. The molecule has 0 saturated carbocycles. The number of hydrogen-bond donors (Lipinski definition) is 1. The number of anilines is 2. The first kappa shape index (κ1) is 21.6. The zero-order valence-corrected chi connectivity index (χ0v) is 18.1. The fourth-order valence-corrected chi connectivity index (χ4v) is 3.65. The minimum absolute atomic E-state index is 0.0496. The molecule has 0 bridgehead atoms. The van der Waals surface area contributed by atoms with Crippen LogP contribution >= 0.6 is 11.8 Å². The topological polar surface area (TPSA) is 75.4 Å². The van der Waals surface area contributed by atoms with Crippen molar-refractivity contribution in [3.63, 3.8) is 0 Å². The normalized spacial score (nSPS) is 11.7. The number of aromatic nitrogens is 1. The van der Waals surface area contributed by atoms with Crippen LogP contribution in [0.15, 0.2) is 65.2 Å². The van der Waals surface area contributed by atoms with Gasteiger partial charge >= 0.3 is 0 Å². The molecule has 0 aliphatic carbocycles. The average Bonchev–Trinajstić information content (AvgIpc) is 3.15. The summed E-state index contributed by atoms with van der Waals surface area (Å²) in [5, 5.41) is 6.06. The van der Waals surface area contributed by atoms with Crippen molar-refractivity contribution < 1.29 is 14.1 Å². The Morgan fingerprint density at radius 3 is 2.53 bits per heavy atom. The summed E-state index contributed by atoms with van der Waals surface area (Å²) < 4.78 is 4.96. The highest BCUT2D eigenvalue weighted by atomic mass is 32.2. The molecular formula is C23H25N3O3S. The van der Waals surface area contributed by atoms with Crippen molar-refractivity contribution in [1.82, 2.24) is 5.16 Å². The number of carbonyl (C=O) groups is 2. The average molecular weight is 424 g/mol. The molecule has 2 amide bonds. The lowest BCUT2D eigenvalue weighted by molar-refractivity contribution is -0.116. The smallest absolute Gasteiger partial charge is 0.238 e. The van der Waals surface area contributed by atoms with E-state index in [0.29, 0.717) is 18.1 Å². The Labute approximate surface area is 180 Å². The quantitative estimate of drug-likeness (QED) is 0.574. The molecule has 1 heterocycles. The number of aryl methyl sites for hydroxylation is 2. The fourth-order valence-electron chi connectivity index (χ4n) is 2.89. The van der Waals surface area contributed by atoms with Crippen LogP contribution in [0.2, 0.25) is 0 Å². The van der Waals surface area contributed by atoms with Gasteiger partial charge in [0.25, 0.3) is 0 Å². The van der Waals surface area contributed by atoms with Crippen LogP contribution in [0.1, 0.15) is 23.8 Å². The van der Waals surface area contributed by atoms with Crippen LogP contribution in [-0.4, -0.2) is 28.0 Å². The lowest BCUT2D eigenvalue weighted by atomic mass is 10.1. The largest absolute Gasteiger partial charge is 0.360 e. The van der Waals surface area contributed by atoms with Gasteiger partial charge in [-0.1, -0.05) is 47.6 Å². The molecule has 3 aromatic rings. The number of amides is 2. The predicted octanol–water partition coefficient (Wildman–Crippen LogP) is 4.59. The lowest BCUT2D eigenvalue weighted by Gasteiger charge is -2.24. The van der Waals surface area contributed by atoms with Crippen molar-refractivity contribution in [2.45, 2.75) is 32.6 Å². The van der Waals surface area contributed by atoms with E-state index in [1.807, 2.05) is 61.5 Å². The van der Waals surface area contributed by atoms with Gasteiger partial charge in [0.15, 0.2) is 5.82 Å². The SMILES string of the molecule is Cc1cccc(N(Cc2ccccc2)C(=O)CS[C@@H](C)C(=O)Nc2cc(C)on2)c1. The highest BCUT2D eigenvalue weighted by Gasteiger charge is 2.21. The lowest BCUT2D eigenvalue weighted by Crippen LogP contribution is -2.33. The van der Waals surface area contributed by atoms with E-state index in [0.717, 1.165) is 16.8 Å². The van der Waals surface area contributed by atoms with E-state index >= 15 is 0 Å². The van der Waals surface area contributed by atoms with Gasteiger partial charge in [-0.3, -0.25) is 9.59 Å².